The van der Waals surface area contributed by atoms with Gasteiger partial charge in [-0.1, -0.05) is 19.1 Å². The smallest absolute Gasteiger partial charge is 0.319 e. The number of carbonyl (C=O) groups excluding carboxylic acids is 2. The Bertz CT molecular complexity index is 979. The zero-order chi connectivity index (χ0) is 23.8. The molecule has 8 nitrogen and oxygen atoms in total. The van der Waals surface area contributed by atoms with Crippen molar-refractivity contribution in [2.45, 2.75) is 45.6 Å². The van der Waals surface area contributed by atoms with Crippen LogP contribution >= 0.6 is 11.5 Å². The monoisotopic (exact) mass is 481 g/mol. The van der Waals surface area contributed by atoms with Crippen LogP contribution in [0.1, 0.15) is 54.1 Å². The summed E-state index contributed by atoms with van der Waals surface area (Å²) in [5.41, 5.74) is 5.56. The van der Waals surface area contributed by atoms with Crippen LogP contribution in [0, 0.1) is 11.6 Å². The van der Waals surface area contributed by atoms with Crippen LogP contribution in [-0.4, -0.2) is 47.4 Å². The van der Waals surface area contributed by atoms with Crippen molar-refractivity contribution in [1.29, 1.82) is 0 Å². The van der Waals surface area contributed by atoms with E-state index in [1.165, 1.54) is 25.0 Å². The summed E-state index contributed by atoms with van der Waals surface area (Å²) in [4.78, 5) is 26.5. The fourth-order valence-electron chi connectivity index (χ4n) is 3.65. The van der Waals surface area contributed by atoms with Crippen LogP contribution in [-0.2, 0) is 13.0 Å². The maximum atomic E-state index is 14.2. The van der Waals surface area contributed by atoms with Gasteiger partial charge in [-0.3, -0.25) is 10.1 Å². The molecule has 1 fully saturated rings. The zero-order valence-electron chi connectivity index (χ0n) is 18.6. The lowest BCUT2D eigenvalue weighted by Gasteiger charge is -2.14. The highest BCUT2D eigenvalue weighted by Crippen LogP contribution is 2.31. The van der Waals surface area contributed by atoms with Gasteiger partial charge in [0.25, 0.3) is 5.91 Å². The van der Waals surface area contributed by atoms with E-state index in [4.69, 9.17) is 10.5 Å². The number of aryl methyl sites for hydroxylation is 1. The van der Waals surface area contributed by atoms with Crippen LogP contribution in [0.3, 0.4) is 0 Å². The molecule has 1 aromatic heterocycles. The number of unbranched alkanes of at least 4 members (excludes halogenated alkanes) is 1. The van der Waals surface area contributed by atoms with E-state index in [0.717, 1.165) is 44.0 Å². The topological polar surface area (TPSA) is 110 Å². The number of aromatic nitrogens is 1. The average Bonchev–Trinajstić information content (AvgIpc) is 3.44. The molecule has 1 aromatic carbocycles. The number of urea groups is 1. The minimum absolute atomic E-state index is 0.0192. The number of hydrogen-bond donors (Lipinski definition) is 3. The predicted molar refractivity (Wildman–Crippen MR) is 123 cm³/mol. The van der Waals surface area contributed by atoms with Crippen LogP contribution in [0.25, 0.3) is 0 Å². The second kappa shape index (κ2) is 11.9. The second-order valence-corrected chi connectivity index (χ2v) is 8.62. The lowest BCUT2D eigenvalue weighted by atomic mass is 10.1. The molecule has 0 saturated carbocycles. The minimum Gasteiger partial charge on any atom is -0.471 e. The van der Waals surface area contributed by atoms with Crippen LogP contribution in [0.5, 0.6) is 5.88 Å². The Labute approximate surface area is 195 Å². The molecule has 4 N–H and O–H groups in total. The number of nitrogens with one attached hydrogen (secondary N) is 2. The van der Waals surface area contributed by atoms with Gasteiger partial charge in [0.2, 0.25) is 5.88 Å². The highest BCUT2D eigenvalue weighted by Gasteiger charge is 2.23. The molecule has 0 aliphatic carbocycles. The van der Waals surface area contributed by atoms with Gasteiger partial charge < -0.3 is 20.7 Å². The fraction of sp³-hybridized carbons (Fsp3) is 0.500. The van der Waals surface area contributed by atoms with Crippen molar-refractivity contribution in [3.8, 4) is 5.88 Å². The minimum atomic E-state index is -1.01. The third-order valence-corrected chi connectivity index (χ3v) is 6.25. The van der Waals surface area contributed by atoms with Crippen molar-refractivity contribution in [1.82, 2.24) is 14.6 Å². The summed E-state index contributed by atoms with van der Waals surface area (Å²) < 4.78 is 37.6. The summed E-state index contributed by atoms with van der Waals surface area (Å²) in [6.45, 7) is 5.18. The van der Waals surface area contributed by atoms with Crippen LogP contribution < -0.4 is 21.1 Å². The molecule has 0 unspecified atom stereocenters. The van der Waals surface area contributed by atoms with Crippen molar-refractivity contribution >= 4 is 28.5 Å². The van der Waals surface area contributed by atoms with E-state index < -0.39 is 23.6 Å². The Morgan fingerprint density at radius 2 is 1.88 bits per heavy atom. The molecule has 180 valence electrons. The van der Waals surface area contributed by atoms with Crippen molar-refractivity contribution in [3.05, 3.63) is 40.5 Å². The SMILES string of the molecule is CCc1ccc(COc2nsc(NC(=O)NCCCCN3CCCC3)c2C(N)=O)c(F)c1F. The van der Waals surface area contributed by atoms with Crippen molar-refractivity contribution < 1.29 is 23.1 Å². The number of anilines is 1. The molecular formula is C22H29F2N5O3S. The van der Waals surface area contributed by atoms with E-state index >= 15 is 0 Å². The van der Waals surface area contributed by atoms with Gasteiger partial charge in [0.05, 0.1) is 0 Å². The first-order valence-electron chi connectivity index (χ1n) is 11.1. The Hall–Kier alpha value is -2.79. The quantitative estimate of drug-likeness (QED) is 0.425. The molecule has 3 amide bonds. The molecule has 1 aliphatic rings. The molecular weight excluding hydrogens is 452 g/mol. The van der Waals surface area contributed by atoms with Crippen LogP contribution in [0.2, 0.25) is 0 Å². The van der Waals surface area contributed by atoms with E-state index in [0.29, 0.717) is 13.0 Å². The molecule has 0 radical (unpaired) electrons. The molecule has 1 aliphatic heterocycles. The number of halogens is 2. The molecule has 2 heterocycles. The van der Waals surface area contributed by atoms with E-state index in [1.54, 1.807) is 6.92 Å². The number of carbonyl (C=O) groups is 2. The number of hydrogen-bond acceptors (Lipinski definition) is 6. The lowest BCUT2D eigenvalue weighted by Crippen LogP contribution is -2.30. The molecule has 0 atom stereocenters. The summed E-state index contributed by atoms with van der Waals surface area (Å²) >= 11 is 0.820. The van der Waals surface area contributed by atoms with Gasteiger partial charge in [-0.15, -0.1) is 0 Å². The fourth-order valence-corrected chi connectivity index (χ4v) is 4.39. The largest absolute Gasteiger partial charge is 0.471 e. The van der Waals surface area contributed by atoms with Gasteiger partial charge in [0.1, 0.15) is 17.2 Å². The highest BCUT2D eigenvalue weighted by molar-refractivity contribution is 7.11. The maximum absolute atomic E-state index is 14.2. The van der Waals surface area contributed by atoms with E-state index in [2.05, 4.69) is 19.9 Å². The number of amides is 3. The first-order chi connectivity index (χ1) is 15.9. The molecule has 2 aromatic rings. The number of benzene rings is 1. The first-order valence-corrected chi connectivity index (χ1v) is 11.8. The van der Waals surface area contributed by atoms with Crippen molar-refractivity contribution in [3.63, 3.8) is 0 Å². The van der Waals surface area contributed by atoms with E-state index in [9.17, 15) is 18.4 Å². The lowest BCUT2D eigenvalue weighted by molar-refractivity contribution is 0.0996. The Morgan fingerprint density at radius 3 is 2.58 bits per heavy atom. The number of nitrogens with two attached hydrogens (primary N) is 1. The van der Waals surface area contributed by atoms with E-state index in [-0.39, 0.29) is 34.2 Å². The number of rotatable bonds is 11. The van der Waals surface area contributed by atoms with Gasteiger partial charge >= 0.3 is 6.03 Å². The van der Waals surface area contributed by atoms with Gasteiger partial charge in [-0.2, -0.15) is 4.37 Å². The normalized spacial score (nSPS) is 13.8. The summed E-state index contributed by atoms with van der Waals surface area (Å²) in [5, 5.41) is 5.42. The third-order valence-electron chi connectivity index (χ3n) is 5.51. The number of ether oxygens (including phenoxy) is 1. The Balaban J connectivity index is 1.53. The molecule has 1 saturated heterocycles. The zero-order valence-corrected chi connectivity index (χ0v) is 19.4. The standard InChI is InChI=1S/C22H29F2N5O3S/c1-2-14-7-8-15(18(24)17(14)23)13-32-20-16(19(25)30)21(33-28-20)27-22(31)26-9-3-4-10-29-11-5-6-12-29/h7-8H,2-6,9-13H2,1H3,(H2,25,30)(H2,26,27,31). The number of likely N-dealkylation sites (tertiary alicyclic amines) is 1. The average molecular weight is 482 g/mol. The summed E-state index contributed by atoms with van der Waals surface area (Å²) in [5.74, 6) is -2.93. The maximum Gasteiger partial charge on any atom is 0.319 e. The summed E-state index contributed by atoms with van der Waals surface area (Å²) in [6.07, 6.45) is 4.68. The van der Waals surface area contributed by atoms with Gasteiger partial charge in [-0.25, -0.2) is 13.6 Å². The number of primary amides is 1. The van der Waals surface area contributed by atoms with Crippen molar-refractivity contribution in [2.24, 2.45) is 5.73 Å². The molecule has 33 heavy (non-hydrogen) atoms. The van der Waals surface area contributed by atoms with Gasteiger partial charge in [0, 0.05) is 12.1 Å². The first kappa shape index (κ1) is 24.8. The Kier molecular flexibility index (Phi) is 8.95. The van der Waals surface area contributed by atoms with Crippen molar-refractivity contribution in [2.75, 3.05) is 31.5 Å². The summed E-state index contributed by atoms with van der Waals surface area (Å²) in [6, 6.07) is 2.41. The molecule has 0 bridgehead atoms. The molecule has 3 rings (SSSR count). The molecule has 11 heteroatoms. The van der Waals surface area contributed by atoms with Crippen LogP contribution in [0.4, 0.5) is 18.6 Å². The van der Waals surface area contributed by atoms with Crippen LogP contribution in [0.15, 0.2) is 12.1 Å². The Morgan fingerprint density at radius 1 is 1.18 bits per heavy atom. The van der Waals surface area contributed by atoms with Gasteiger partial charge in [-0.05, 0) is 68.8 Å². The van der Waals surface area contributed by atoms with E-state index in [1.807, 2.05) is 0 Å². The molecule has 0 spiro atoms. The third kappa shape index (κ3) is 6.61. The summed E-state index contributed by atoms with van der Waals surface area (Å²) in [7, 11) is 0. The van der Waals surface area contributed by atoms with Gasteiger partial charge in [0.15, 0.2) is 11.6 Å². The predicted octanol–water partition coefficient (Wildman–Crippen LogP) is 3.66. The second-order valence-electron chi connectivity index (χ2n) is 7.85. The number of nitrogens with zero attached hydrogens (tertiary/aromatic N) is 2. The highest BCUT2D eigenvalue weighted by atomic mass is 32.1.